The highest BCUT2D eigenvalue weighted by Crippen LogP contribution is 2.38. The lowest BCUT2D eigenvalue weighted by Gasteiger charge is -2.33. The molecule has 0 heterocycles. The van der Waals surface area contributed by atoms with Gasteiger partial charge in [0, 0.05) is 0 Å². The van der Waals surface area contributed by atoms with E-state index in [4.69, 9.17) is 5.84 Å². The lowest BCUT2D eigenvalue weighted by molar-refractivity contribution is -0.136. The van der Waals surface area contributed by atoms with Crippen molar-refractivity contribution in [1.82, 2.24) is 10.9 Å². The third-order valence-corrected chi connectivity index (χ3v) is 6.01. The molecule has 2 rings (SSSR count). The number of Topliss-reactive ketones (excluding diaryl/α,β-unsaturated/α-hetero) is 1. The molecule has 0 saturated carbocycles. The molecule has 0 aliphatic rings. The predicted octanol–water partition coefficient (Wildman–Crippen LogP) is 3.22. The summed E-state index contributed by atoms with van der Waals surface area (Å²) in [4.78, 5) is 38.6. The number of benzene rings is 2. The van der Waals surface area contributed by atoms with E-state index < -0.39 is 23.1 Å². The minimum absolute atomic E-state index is 0.249. The maximum atomic E-state index is 13.0. The van der Waals surface area contributed by atoms with Gasteiger partial charge in [-0.15, -0.1) is 0 Å². The van der Waals surface area contributed by atoms with Crippen molar-refractivity contribution in [2.45, 2.75) is 64.2 Å². The maximum absolute atomic E-state index is 13.0. The zero-order chi connectivity index (χ0) is 23.7. The molecule has 2 atom stereocenters. The Kier molecular flexibility index (Phi) is 9.11. The van der Waals surface area contributed by atoms with E-state index in [9.17, 15) is 19.6 Å². The van der Waals surface area contributed by atoms with Gasteiger partial charge in [-0.2, -0.15) is 0 Å². The van der Waals surface area contributed by atoms with Crippen LogP contribution in [0.4, 0.5) is 0 Å². The molecule has 2 aromatic carbocycles. The second kappa shape index (κ2) is 11.5. The largest absolute Gasteiger partial charge is 0.298 e. The van der Waals surface area contributed by atoms with E-state index in [0.29, 0.717) is 30.4 Å². The monoisotopic (exact) mass is 439 g/mol. The molecule has 0 aromatic heterocycles. The van der Waals surface area contributed by atoms with Gasteiger partial charge in [0.25, 0.3) is 11.8 Å². The number of amides is 2. The van der Waals surface area contributed by atoms with Crippen LogP contribution in [0.1, 0.15) is 67.7 Å². The van der Waals surface area contributed by atoms with Crippen LogP contribution in [0.5, 0.6) is 0 Å². The summed E-state index contributed by atoms with van der Waals surface area (Å²) in [5.41, 5.74) is 5.43. The van der Waals surface area contributed by atoms with Gasteiger partial charge in [0.05, 0.1) is 5.92 Å². The van der Waals surface area contributed by atoms with Crippen LogP contribution in [-0.4, -0.2) is 22.8 Å². The van der Waals surface area contributed by atoms with Gasteiger partial charge in [0.1, 0.15) is 11.2 Å². The van der Waals surface area contributed by atoms with Gasteiger partial charge in [-0.05, 0) is 56.2 Å². The van der Waals surface area contributed by atoms with Crippen LogP contribution in [0.3, 0.4) is 0 Å². The lowest BCUT2D eigenvalue weighted by Crippen LogP contribution is -2.52. The Bertz CT molecular complexity index is 945. The van der Waals surface area contributed by atoms with Gasteiger partial charge in [-0.3, -0.25) is 25.0 Å². The Labute approximate surface area is 189 Å². The van der Waals surface area contributed by atoms with Crippen molar-refractivity contribution < 1.29 is 19.6 Å². The fourth-order valence-electron chi connectivity index (χ4n) is 4.41. The molecule has 32 heavy (non-hydrogen) atoms. The number of aryl methyl sites for hydroxylation is 2. The number of nitrogens with one attached hydrogen (secondary N) is 2. The van der Waals surface area contributed by atoms with Crippen LogP contribution in [0, 0.1) is 6.92 Å². The van der Waals surface area contributed by atoms with Crippen LogP contribution in [0.15, 0.2) is 48.5 Å². The van der Waals surface area contributed by atoms with E-state index in [2.05, 4.69) is 5.43 Å². The first-order valence-electron chi connectivity index (χ1n) is 10.9. The number of carbonyl (C=O) groups is 3. The summed E-state index contributed by atoms with van der Waals surface area (Å²) in [6.45, 7) is 5.13. The van der Waals surface area contributed by atoms with Crippen molar-refractivity contribution in [3.8, 4) is 0 Å². The Morgan fingerprint density at radius 1 is 1.12 bits per heavy atom. The molecule has 2 aromatic rings. The molecule has 0 aliphatic heterocycles. The Hall–Kier alpha value is -3.03. The van der Waals surface area contributed by atoms with Gasteiger partial charge in [-0.1, -0.05) is 67.4 Å². The molecular formula is C25H33N3O4. The Balaban J connectivity index is 2.56. The Morgan fingerprint density at radius 2 is 1.81 bits per heavy atom. The smallest absolute Gasteiger partial charge is 0.252 e. The van der Waals surface area contributed by atoms with Crippen molar-refractivity contribution in [2.75, 3.05) is 0 Å². The molecule has 0 spiro atoms. The molecule has 0 radical (unpaired) electrons. The first kappa shape index (κ1) is 25.2. The standard InChI is InChI=1S/C25H33N3O4/c1-4-15-25(18(3)29,24(31)27-26)22-14-13-17(2)16-21(22)20(23(30)28-32)12-8-11-19-9-6-5-7-10-19/h5-7,9-10,13-14,16,20,32H,4,8,11-12,15,26H2,1-3H3,(H,27,31)(H,28,30)/t20-,25-/m0/s1. The lowest BCUT2D eigenvalue weighted by atomic mass is 9.69. The normalized spacial score (nSPS) is 13.7. The van der Waals surface area contributed by atoms with Gasteiger partial charge in [0.2, 0.25) is 0 Å². The number of rotatable bonds is 11. The molecule has 7 heteroatoms. The summed E-state index contributed by atoms with van der Waals surface area (Å²) in [5.74, 6) is 3.21. The van der Waals surface area contributed by atoms with Crippen LogP contribution >= 0.6 is 0 Å². The summed E-state index contributed by atoms with van der Waals surface area (Å²) >= 11 is 0. The van der Waals surface area contributed by atoms with Gasteiger partial charge < -0.3 is 0 Å². The van der Waals surface area contributed by atoms with Gasteiger partial charge in [-0.25, -0.2) is 11.3 Å². The van der Waals surface area contributed by atoms with Crippen LogP contribution < -0.4 is 16.7 Å². The number of hydroxylamine groups is 1. The maximum Gasteiger partial charge on any atom is 0.252 e. The number of hydrogen-bond acceptors (Lipinski definition) is 5. The predicted molar refractivity (Wildman–Crippen MR) is 123 cm³/mol. The first-order chi connectivity index (χ1) is 15.3. The minimum atomic E-state index is -1.51. The highest BCUT2D eigenvalue weighted by molar-refractivity contribution is 6.11. The van der Waals surface area contributed by atoms with Crippen molar-refractivity contribution >= 4 is 17.6 Å². The molecule has 0 saturated heterocycles. The van der Waals surface area contributed by atoms with E-state index in [-0.39, 0.29) is 12.2 Å². The fourth-order valence-corrected chi connectivity index (χ4v) is 4.41. The molecule has 2 amide bonds. The van der Waals surface area contributed by atoms with E-state index in [1.807, 2.05) is 56.3 Å². The highest BCUT2D eigenvalue weighted by Gasteiger charge is 2.46. The third kappa shape index (κ3) is 5.41. The quantitative estimate of drug-likeness (QED) is 0.141. The second-order valence-electron chi connectivity index (χ2n) is 8.18. The van der Waals surface area contributed by atoms with Crippen molar-refractivity contribution in [3.05, 3.63) is 70.8 Å². The van der Waals surface area contributed by atoms with Gasteiger partial charge in [0.15, 0.2) is 0 Å². The third-order valence-electron chi connectivity index (χ3n) is 6.01. The molecule has 0 aliphatic carbocycles. The molecule has 7 nitrogen and oxygen atoms in total. The molecule has 0 bridgehead atoms. The van der Waals surface area contributed by atoms with Gasteiger partial charge >= 0.3 is 0 Å². The number of hydrogen-bond donors (Lipinski definition) is 4. The second-order valence-corrected chi connectivity index (χ2v) is 8.18. The number of ketones is 1. The average Bonchev–Trinajstić information content (AvgIpc) is 2.80. The zero-order valence-corrected chi connectivity index (χ0v) is 19.0. The van der Waals surface area contributed by atoms with Crippen molar-refractivity contribution in [3.63, 3.8) is 0 Å². The molecular weight excluding hydrogens is 406 g/mol. The molecule has 0 unspecified atom stereocenters. The van der Waals surface area contributed by atoms with E-state index in [1.165, 1.54) is 6.92 Å². The van der Waals surface area contributed by atoms with Crippen molar-refractivity contribution in [1.29, 1.82) is 0 Å². The van der Waals surface area contributed by atoms with E-state index in [0.717, 1.165) is 17.5 Å². The number of carbonyl (C=O) groups excluding carboxylic acids is 3. The number of nitrogens with two attached hydrogens (primary N) is 1. The summed E-state index contributed by atoms with van der Waals surface area (Å²) in [7, 11) is 0. The zero-order valence-electron chi connectivity index (χ0n) is 19.0. The van der Waals surface area contributed by atoms with E-state index in [1.54, 1.807) is 11.5 Å². The Morgan fingerprint density at radius 3 is 2.38 bits per heavy atom. The molecule has 0 fully saturated rings. The SMILES string of the molecule is CCC[C@@](C(C)=O)(C(=O)NN)c1ccc(C)cc1[C@H](CCCc1ccccc1)C(=O)NO. The highest BCUT2D eigenvalue weighted by atomic mass is 16.5. The molecule has 172 valence electrons. The van der Waals surface area contributed by atoms with Crippen LogP contribution in [-0.2, 0) is 26.2 Å². The summed E-state index contributed by atoms with van der Waals surface area (Å²) < 4.78 is 0. The number of hydrazine groups is 1. The van der Waals surface area contributed by atoms with Crippen LogP contribution in [0.2, 0.25) is 0 Å². The fraction of sp³-hybridized carbons (Fsp3) is 0.400. The minimum Gasteiger partial charge on any atom is -0.298 e. The summed E-state index contributed by atoms with van der Waals surface area (Å²) in [6, 6.07) is 15.3. The topological polar surface area (TPSA) is 122 Å². The molecule has 5 N–H and O–H groups in total. The average molecular weight is 440 g/mol. The summed E-state index contributed by atoms with van der Waals surface area (Å²) in [5, 5.41) is 9.45. The van der Waals surface area contributed by atoms with Crippen molar-refractivity contribution in [2.24, 2.45) is 5.84 Å². The first-order valence-corrected chi connectivity index (χ1v) is 10.9. The van der Waals surface area contributed by atoms with Crippen LogP contribution in [0.25, 0.3) is 0 Å². The summed E-state index contributed by atoms with van der Waals surface area (Å²) in [6.07, 6.45) is 2.68. The van der Waals surface area contributed by atoms with E-state index >= 15 is 0 Å².